The molecule has 1 fully saturated rings. The van der Waals surface area contributed by atoms with Crippen molar-refractivity contribution in [2.75, 3.05) is 14.2 Å². The summed E-state index contributed by atoms with van der Waals surface area (Å²) in [6, 6.07) is 6.73. The topological polar surface area (TPSA) is 21.3 Å². The van der Waals surface area contributed by atoms with Crippen LogP contribution < -0.4 is 10.1 Å². The Hall–Kier alpha value is -0.730. The van der Waals surface area contributed by atoms with Crippen molar-refractivity contribution in [2.45, 2.75) is 38.1 Å². The summed E-state index contributed by atoms with van der Waals surface area (Å²) >= 11 is 6.29. The van der Waals surface area contributed by atoms with Crippen molar-refractivity contribution in [3.63, 3.8) is 0 Å². The van der Waals surface area contributed by atoms with Crippen LogP contribution in [-0.4, -0.2) is 20.2 Å². The summed E-state index contributed by atoms with van der Waals surface area (Å²) in [5.41, 5.74) is 1.25. The Balaban J connectivity index is 1.94. The van der Waals surface area contributed by atoms with Gasteiger partial charge < -0.3 is 10.1 Å². The molecule has 0 spiro atoms. The Morgan fingerprint density at radius 2 is 2.00 bits per heavy atom. The van der Waals surface area contributed by atoms with E-state index in [4.69, 9.17) is 16.3 Å². The van der Waals surface area contributed by atoms with Gasteiger partial charge in [-0.1, -0.05) is 17.7 Å². The van der Waals surface area contributed by atoms with E-state index in [-0.39, 0.29) is 0 Å². The highest BCUT2D eigenvalue weighted by atomic mass is 35.5. The van der Waals surface area contributed by atoms with Gasteiger partial charge in [-0.05, 0) is 62.8 Å². The summed E-state index contributed by atoms with van der Waals surface area (Å²) in [4.78, 5) is 0. The van der Waals surface area contributed by atoms with Crippen LogP contribution in [0.2, 0.25) is 5.02 Å². The third-order valence-electron chi connectivity index (χ3n) is 4.02. The molecule has 0 saturated heterocycles. The van der Waals surface area contributed by atoms with Gasteiger partial charge in [-0.25, -0.2) is 0 Å². The summed E-state index contributed by atoms with van der Waals surface area (Å²) in [6.07, 6.45) is 6.27. The molecule has 0 radical (unpaired) electrons. The molecule has 1 N–H and O–H groups in total. The molecule has 3 heteroatoms. The van der Waals surface area contributed by atoms with Gasteiger partial charge >= 0.3 is 0 Å². The molecule has 100 valence electrons. The van der Waals surface area contributed by atoms with Gasteiger partial charge in [0.15, 0.2) is 0 Å². The van der Waals surface area contributed by atoms with Crippen molar-refractivity contribution in [3.8, 4) is 5.75 Å². The summed E-state index contributed by atoms with van der Waals surface area (Å²) < 4.78 is 5.18. The summed E-state index contributed by atoms with van der Waals surface area (Å²) in [5.74, 6) is 1.61. The maximum Gasteiger partial charge on any atom is 0.120 e. The van der Waals surface area contributed by atoms with E-state index in [0.717, 1.165) is 23.1 Å². The molecule has 0 unspecified atom stereocenters. The first-order chi connectivity index (χ1) is 8.72. The maximum atomic E-state index is 6.29. The second-order valence-corrected chi connectivity index (χ2v) is 5.57. The minimum atomic E-state index is 0.715. The SMILES string of the molecule is CNC1CCC(Cc2ccc(OC)cc2Cl)CC1. The molecule has 2 rings (SSSR count). The lowest BCUT2D eigenvalue weighted by Gasteiger charge is -2.28. The van der Waals surface area contributed by atoms with Gasteiger partial charge in [0.1, 0.15) is 5.75 Å². The van der Waals surface area contributed by atoms with Crippen LogP contribution in [-0.2, 0) is 6.42 Å². The van der Waals surface area contributed by atoms with Crippen LogP contribution in [0.15, 0.2) is 18.2 Å². The fourth-order valence-corrected chi connectivity index (χ4v) is 3.03. The van der Waals surface area contributed by atoms with E-state index in [1.807, 2.05) is 12.1 Å². The molecular weight excluding hydrogens is 246 g/mol. The van der Waals surface area contributed by atoms with Gasteiger partial charge in [-0.15, -0.1) is 0 Å². The third-order valence-corrected chi connectivity index (χ3v) is 4.38. The zero-order valence-electron chi connectivity index (χ0n) is 11.2. The lowest BCUT2D eigenvalue weighted by atomic mass is 9.82. The quantitative estimate of drug-likeness (QED) is 0.899. The van der Waals surface area contributed by atoms with E-state index in [1.54, 1.807) is 7.11 Å². The first-order valence-corrected chi connectivity index (χ1v) is 7.10. The minimum Gasteiger partial charge on any atom is -0.497 e. The molecule has 2 nitrogen and oxygen atoms in total. The molecule has 0 bridgehead atoms. The van der Waals surface area contributed by atoms with Crippen LogP contribution in [0.25, 0.3) is 0 Å². The molecule has 1 aliphatic rings. The van der Waals surface area contributed by atoms with Crippen LogP contribution >= 0.6 is 11.6 Å². The van der Waals surface area contributed by atoms with Crippen molar-refractivity contribution in [2.24, 2.45) is 5.92 Å². The third kappa shape index (κ3) is 3.39. The van der Waals surface area contributed by atoms with Crippen LogP contribution in [0.4, 0.5) is 0 Å². The normalized spacial score (nSPS) is 23.9. The van der Waals surface area contributed by atoms with Crippen molar-refractivity contribution < 1.29 is 4.74 Å². The number of nitrogens with one attached hydrogen (secondary N) is 1. The van der Waals surface area contributed by atoms with Crippen LogP contribution in [0.1, 0.15) is 31.2 Å². The zero-order valence-corrected chi connectivity index (χ0v) is 12.0. The standard InChI is InChI=1S/C15H22ClNO/c1-17-13-6-3-11(4-7-13)9-12-5-8-14(18-2)10-15(12)16/h5,8,10-11,13,17H,3-4,6-7,9H2,1-2H3. The average molecular weight is 268 g/mol. The second-order valence-electron chi connectivity index (χ2n) is 5.17. The highest BCUT2D eigenvalue weighted by Crippen LogP contribution is 2.31. The van der Waals surface area contributed by atoms with Crippen molar-refractivity contribution in [1.82, 2.24) is 5.32 Å². The van der Waals surface area contributed by atoms with E-state index in [2.05, 4.69) is 18.4 Å². The number of ether oxygens (including phenoxy) is 1. The maximum absolute atomic E-state index is 6.29. The lowest BCUT2D eigenvalue weighted by Crippen LogP contribution is -2.30. The molecule has 18 heavy (non-hydrogen) atoms. The Morgan fingerprint density at radius 3 is 2.56 bits per heavy atom. The van der Waals surface area contributed by atoms with Gasteiger partial charge in [-0.2, -0.15) is 0 Å². The van der Waals surface area contributed by atoms with E-state index in [0.29, 0.717) is 6.04 Å². The Kier molecular flexibility index (Phi) is 4.90. The summed E-state index contributed by atoms with van der Waals surface area (Å²) in [6.45, 7) is 0. The van der Waals surface area contributed by atoms with E-state index < -0.39 is 0 Å². The zero-order chi connectivity index (χ0) is 13.0. The van der Waals surface area contributed by atoms with Crippen molar-refractivity contribution in [1.29, 1.82) is 0 Å². The smallest absolute Gasteiger partial charge is 0.120 e. The average Bonchev–Trinajstić information content (AvgIpc) is 2.42. The molecule has 0 atom stereocenters. The monoisotopic (exact) mass is 267 g/mol. The predicted octanol–water partition coefficient (Wildman–Crippen LogP) is 3.67. The highest BCUT2D eigenvalue weighted by molar-refractivity contribution is 6.31. The van der Waals surface area contributed by atoms with E-state index >= 15 is 0 Å². The number of hydrogen-bond donors (Lipinski definition) is 1. The molecular formula is C15H22ClNO. The fraction of sp³-hybridized carbons (Fsp3) is 0.600. The number of benzene rings is 1. The first-order valence-electron chi connectivity index (χ1n) is 6.72. The molecule has 0 aromatic heterocycles. The molecule has 0 aliphatic heterocycles. The highest BCUT2D eigenvalue weighted by Gasteiger charge is 2.20. The molecule has 0 heterocycles. The van der Waals surface area contributed by atoms with Crippen molar-refractivity contribution in [3.05, 3.63) is 28.8 Å². The molecule has 1 saturated carbocycles. The number of methoxy groups -OCH3 is 1. The van der Waals surface area contributed by atoms with Crippen LogP contribution in [0.5, 0.6) is 5.75 Å². The predicted molar refractivity (Wildman–Crippen MR) is 76.5 cm³/mol. The number of rotatable bonds is 4. The summed E-state index contributed by atoms with van der Waals surface area (Å²) in [5, 5.41) is 4.21. The Labute approximate surface area is 115 Å². The van der Waals surface area contributed by atoms with E-state index in [1.165, 1.54) is 31.2 Å². The largest absolute Gasteiger partial charge is 0.497 e. The summed E-state index contributed by atoms with van der Waals surface area (Å²) in [7, 11) is 3.73. The van der Waals surface area contributed by atoms with Gasteiger partial charge in [0.2, 0.25) is 0 Å². The van der Waals surface area contributed by atoms with Gasteiger partial charge in [0.25, 0.3) is 0 Å². The van der Waals surface area contributed by atoms with Gasteiger partial charge in [0, 0.05) is 11.1 Å². The number of halogens is 1. The molecule has 1 aliphatic carbocycles. The van der Waals surface area contributed by atoms with E-state index in [9.17, 15) is 0 Å². The fourth-order valence-electron chi connectivity index (χ4n) is 2.79. The number of hydrogen-bond acceptors (Lipinski definition) is 2. The molecule has 1 aromatic carbocycles. The van der Waals surface area contributed by atoms with Crippen molar-refractivity contribution >= 4 is 11.6 Å². The molecule has 0 amide bonds. The lowest BCUT2D eigenvalue weighted by molar-refractivity contribution is 0.300. The van der Waals surface area contributed by atoms with Crippen LogP contribution in [0, 0.1) is 5.92 Å². The second kappa shape index (κ2) is 6.44. The first kappa shape index (κ1) is 13.7. The van der Waals surface area contributed by atoms with Crippen LogP contribution in [0.3, 0.4) is 0 Å². The Bertz CT molecular complexity index is 386. The van der Waals surface area contributed by atoms with Gasteiger partial charge in [0.05, 0.1) is 7.11 Å². The Morgan fingerprint density at radius 1 is 1.28 bits per heavy atom. The minimum absolute atomic E-state index is 0.715. The van der Waals surface area contributed by atoms with Gasteiger partial charge in [-0.3, -0.25) is 0 Å². The molecule has 1 aromatic rings.